The lowest BCUT2D eigenvalue weighted by Gasteiger charge is -2.42. The number of methoxy groups -OCH3 is 1. The standard InChI is InChI=1S/C16H25BrN2O2/c1-21-11-10-19-14(13(17)12-18-19)16(20)8-6-15(7-9-16)4-2-3-5-15/h12,20H,2-11H2,1H3. The van der Waals surface area contributed by atoms with Crippen molar-refractivity contribution in [1.29, 1.82) is 0 Å². The molecule has 0 saturated heterocycles. The molecule has 2 aliphatic carbocycles. The van der Waals surface area contributed by atoms with Crippen molar-refractivity contribution in [3.05, 3.63) is 16.4 Å². The first-order valence-electron chi connectivity index (χ1n) is 8.02. The summed E-state index contributed by atoms with van der Waals surface area (Å²) in [4.78, 5) is 0. The second-order valence-corrected chi connectivity index (χ2v) is 7.65. The molecule has 21 heavy (non-hydrogen) atoms. The predicted octanol–water partition coefficient (Wildman–Crippen LogP) is 3.61. The number of aromatic nitrogens is 2. The molecule has 0 radical (unpaired) electrons. The maximum absolute atomic E-state index is 11.2. The number of ether oxygens (including phenoxy) is 1. The molecule has 1 heterocycles. The van der Waals surface area contributed by atoms with Gasteiger partial charge in [0.15, 0.2) is 0 Å². The third kappa shape index (κ3) is 2.92. The zero-order valence-electron chi connectivity index (χ0n) is 12.8. The topological polar surface area (TPSA) is 47.3 Å². The summed E-state index contributed by atoms with van der Waals surface area (Å²) >= 11 is 3.57. The van der Waals surface area contributed by atoms with Crippen molar-refractivity contribution in [2.24, 2.45) is 5.41 Å². The summed E-state index contributed by atoms with van der Waals surface area (Å²) in [5.74, 6) is 0. The SMILES string of the molecule is COCCn1ncc(Br)c1C1(O)CCC2(CCCC2)CC1. The highest BCUT2D eigenvalue weighted by molar-refractivity contribution is 9.10. The maximum Gasteiger partial charge on any atom is 0.107 e. The number of hydrogen-bond acceptors (Lipinski definition) is 3. The van der Waals surface area contributed by atoms with Gasteiger partial charge in [-0.1, -0.05) is 12.8 Å². The molecular formula is C16H25BrN2O2. The quantitative estimate of drug-likeness (QED) is 0.896. The number of hydrogen-bond donors (Lipinski definition) is 1. The van der Waals surface area contributed by atoms with E-state index in [9.17, 15) is 5.11 Å². The van der Waals surface area contributed by atoms with Gasteiger partial charge in [-0.3, -0.25) is 4.68 Å². The van der Waals surface area contributed by atoms with Crippen molar-refractivity contribution < 1.29 is 9.84 Å². The predicted molar refractivity (Wildman–Crippen MR) is 85.1 cm³/mol. The Morgan fingerprint density at radius 1 is 1.24 bits per heavy atom. The Bertz CT molecular complexity index is 484. The number of rotatable bonds is 4. The lowest BCUT2D eigenvalue weighted by Crippen LogP contribution is -2.38. The molecule has 0 unspecified atom stereocenters. The van der Waals surface area contributed by atoms with Crippen LogP contribution in [-0.2, 0) is 16.9 Å². The van der Waals surface area contributed by atoms with Gasteiger partial charge in [-0.2, -0.15) is 5.10 Å². The summed E-state index contributed by atoms with van der Waals surface area (Å²) in [5, 5.41) is 15.6. The van der Waals surface area contributed by atoms with E-state index in [-0.39, 0.29) is 0 Å². The van der Waals surface area contributed by atoms with Crippen molar-refractivity contribution in [3.8, 4) is 0 Å². The summed E-state index contributed by atoms with van der Waals surface area (Å²) < 4.78 is 7.97. The molecule has 118 valence electrons. The lowest BCUT2D eigenvalue weighted by molar-refractivity contribution is -0.0451. The van der Waals surface area contributed by atoms with Crippen LogP contribution < -0.4 is 0 Å². The highest BCUT2D eigenvalue weighted by atomic mass is 79.9. The Kier molecular flexibility index (Phi) is 4.44. The molecule has 1 N–H and O–H groups in total. The number of nitrogens with zero attached hydrogens (tertiary/aromatic N) is 2. The summed E-state index contributed by atoms with van der Waals surface area (Å²) in [6.07, 6.45) is 11.2. The Morgan fingerprint density at radius 3 is 2.52 bits per heavy atom. The van der Waals surface area contributed by atoms with Gasteiger partial charge in [-0.25, -0.2) is 0 Å². The molecule has 0 bridgehead atoms. The van der Waals surface area contributed by atoms with Crippen LogP contribution in [0.15, 0.2) is 10.7 Å². The fourth-order valence-electron chi connectivity index (χ4n) is 4.23. The average molecular weight is 357 g/mol. The fourth-order valence-corrected chi connectivity index (χ4v) is 4.89. The molecule has 2 aliphatic rings. The minimum Gasteiger partial charge on any atom is -0.384 e. The summed E-state index contributed by atoms with van der Waals surface area (Å²) in [6, 6.07) is 0. The zero-order valence-corrected chi connectivity index (χ0v) is 14.4. The largest absolute Gasteiger partial charge is 0.384 e. The average Bonchev–Trinajstić information content (AvgIpc) is 3.08. The maximum atomic E-state index is 11.2. The third-order valence-electron chi connectivity index (χ3n) is 5.54. The highest BCUT2D eigenvalue weighted by Crippen LogP contribution is 2.54. The number of halogens is 1. The van der Waals surface area contributed by atoms with Crippen LogP contribution in [0, 0.1) is 5.41 Å². The van der Waals surface area contributed by atoms with Crippen LogP contribution in [0.1, 0.15) is 57.1 Å². The van der Waals surface area contributed by atoms with Crippen LogP contribution in [0.4, 0.5) is 0 Å². The van der Waals surface area contributed by atoms with E-state index in [0.29, 0.717) is 18.6 Å². The van der Waals surface area contributed by atoms with E-state index in [0.717, 1.165) is 35.8 Å². The van der Waals surface area contributed by atoms with Gasteiger partial charge in [0, 0.05) is 7.11 Å². The molecule has 4 nitrogen and oxygen atoms in total. The fraction of sp³-hybridized carbons (Fsp3) is 0.812. The molecular weight excluding hydrogens is 332 g/mol. The van der Waals surface area contributed by atoms with Gasteiger partial charge in [-0.15, -0.1) is 0 Å². The second kappa shape index (κ2) is 6.01. The molecule has 1 aromatic heterocycles. The van der Waals surface area contributed by atoms with Crippen LogP contribution in [0.25, 0.3) is 0 Å². The van der Waals surface area contributed by atoms with E-state index in [2.05, 4.69) is 21.0 Å². The Hall–Kier alpha value is -0.390. The molecule has 0 atom stereocenters. The minimum absolute atomic E-state index is 0.524. The second-order valence-electron chi connectivity index (χ2n) is 6.80. The Labute approximate surface area is 135 Å². The molecule has 1 aromatic rings. The lowest BCUT2D eigenvalue weighted by atomic mass is 9.67. The third-order valence-corrected chi connectivity index (χ3v) is 6.13. The molecule has 5 heteroatoms. The smallest absolute Gasteiger partial charge is 0.107 e. The molecule has 3 rings (SSSR count). The van der Waals surface area contributed by atoms with E-state index in [1.165, 1.54) is 25.7 Å². The monoisotopic (exact) mass is 356 g/mol. The van der Waals surface area contributed by atoms with Crippen molar-refractivity contribution >= 4 is 15.9 Å². The van der Waals surface area contributed by atoms with Crippen molar-refractivity contribution in [2.75, 3.05) is 13.7 Å². The van der Waals surface area contributed by atoms with Gasteiger partial charge in [0.1, 0.15) is 5.60 Å². The Morgan fingerprint density at radius 2 is 1.90 bits per heavy atom. The van der Waals surface area contributed by atoms with E-state index in [1.54, 1.807) is 13.3 Å². The number of aliphatic hydroxyl groups is 1. The van der Waals surface area contributed by atoms with Gasteiger partial charge in [0.25, 0.3) is 0 Å². The van der Waals surface area contributed by atoms with Gasteiger partial charge in [-0.05, 0) is 59.9 Å². The van der Waals surface area contributed by atoms with Crippen molar-refractivity contribution in [3.63, 3.8) is 0 Å². The van der Waals surface area contributed by atoms with Gasteiger partial charge >= 0.3 is 0 Å². The first-order valence-corrected chi connectivity index (χ1v) is 8.81. The minimum atomic E-state index is -0.739. The van der Waals surface area contributed by atoms with E-state index in [4.69, 9.17) is 4.74 Å². The summed E-state index contributed by atoms with van der Waals surface area (Å²) in [6.45, 7) is 1.30. The van der Waals surface area contributed by atoms with Crippen LogP contribution in [0.5, 0.6) is 0 Å². The molecule has 2 saturated carbocycles. The molecule has 0 amide bonds. The first kappa shape index (κ1) is 15.5. The van der Waals surface area contributed by atoms with Crippen molar-refractivity contribution in [1.82, 2.24) is 9.78 Å². The van der Waals surface area contributed by atoms with Crippen LogP contribution in [0.3, 0.4) is 0 Å². The highest BCUT2D eigenvalue weighted by Gasteiger charge is 2.45. The van der Waals surface area contributed by atoms with Gasteiger partial charge in [0.05, 0.1) is 29.5 Å². The molecule has 0 aliphatic heterocycles. The van der Waals surface area contributed by atoms with Gasteiger partial charge in [0.2, 0.25) is 0 Å². The first-order chi connectivity index (χ1) is 10.1. The zero-order chi connectivity index (χ0) is 14.9. The van der Waals surface area contributed by atoms with Crippen molar-refractivity contribution in [2.45, 2.75) is 63.5 Å². The van der Waals surface area contributed by atoms with E-state index in [1.807, 2.05) is 4.68 Å². The van der Waals surface area contributed by atoms with Crippen LogP contribution in [0.2, 0.25) is 0 Å². The van der Waals surface area contributed by atoms with E-state index >= 15 is 0 Å². The summed E-state index contributed by atoms with van der Waals surface area (Å²) in [5.41, 5.74) is 0.722. The van der Waals surface area contributed by atoms with Crippen LogP contribution >= 0.6 is 15.9 Å². The molecule has 2 fully saturated rings. The van der Waals surface area contributed by atoms with Gasteiger partial charge < -0.3 is 9.84 Å². The Balaban J connectivity index is 1.78. The van der Waals surface area contributed by atoms with E-state index < -0.39 is 5.60 Å². The molecule has 1 spiro atoms. The summed E-state index contributed by atoms with van der Waals surface area (Å²) in [7, 11) is 1.69. The van der Waals surface area contributed by atoms with Crippen LogP contribution in [-0.4, -0.2) is 28.6 Å². The molecule has 0 aromatic carbocycles. The normalized spacial score (nSPS) is 23.8.